The van der Waals surface area contributed by atoms with Crippen LogP contribution in [0.4, 0.5) is 28.9 Å². The molecule has 44 heavy (non-hydrogen) atoms. The van der Waals surface area contributed by atoms with Crippen LogP contribution in [0.25, 0.3) is 10.9 Å². The van der Waals surface area contributed by atoms with Gasteiger partial charge in [0, 0.05) is 25.8 Å². The van der Waals surface area contributed by atoms with E-state index in [1.165, 1.54) is 13.1 Å². The van der Waals surface area contributed by atoms with E-state index in [4.69, 9.17) is 0 Å². The minimum Gasteiger partial charge on any atom is -0.481 e. The number of amides is 1. The number of anilines is 2. The van der Waals surface area contributed by atoms with Gasteiger partial charge in [-0.3, -0.25) is 13.9 Å². The molecule has 1 heterocycles. The Labute approximate surface area is 251 Å². The van der Waals surface area contributed by atoms with Gasteiger partial charge < -0.3 is 15.0 Å². The standard InChI is InChI=1S/C31H29F4N3O5S/c1-37-15-14-19-8-12-22(17-27(19)37)44(42,43)38(2)21-10-6-18(7-11-21)23-4-3-5-24(28(23)30(40)41)29(39)36-26-13-9-20(16-25(26)32)31(33,34)35/h6-17,23-24,28H,3-5H2,1-2H3,(H,36,39)(H,40,41)/t23-,24-,28-/m1/s1. The van der Waals surface area contributed by atoms with Crippen molar-refractivity contribution in [1.82, 2.24) is 4.57 Å². The fraction of sp³-hybridized carbons (Fsp3) is 0.290. The molecule has 1 aliphatic carbocycles. The van der Waals surface area contributed by atoms with Gasteiger partial charge in [-0.05, 0) is 78.2 Å². The smallest absolute Gasteiger partial charge is 0.416 e. The second kappa shape index (κ2) is 11.6. The molecular formula is C31H29F4N3O5S. The molecule has 1 amide bonds. The second-order valence-corrected chi connectivity index (χ2v) is 12.9. The molecule has 1 saturated carbocycles. The van der Waals surface area contributed by atoms with Crippen LogP contribution in [-0.2, 0) is 32.8 Å². The van der Waals surface area contributed by atoms with Gasteiger partial charge in [-0.25, -0.2) is 12.8 Å². The maximum Gasteiger partial charge on any atom is 0.416 e. The maximum absolute atomic E-state index is 14.4. The first-order valence-electron chi connectivity index (χ1n) is 13.7. The van der Waals surface area contributed by atoms with Crippen molar-refractivity contribution in [3.05, 3.63) is 89.9 Å². The minimum atomic E-state index is -4.76. The van der Waals surface area contributed by atoms with E-state index in [-0.39, 0.29) is 17.4 Å². The molecule has 5 rings (SSSR count). The Morgan fingerprint density at radius 3 is 2.34 bits per heavy atom. The van der Waals surface area contributed by atoms with Crippen molar-refractivity contribution < 1.29 is 40.7 Å². The van der Waals surface area contributed by atoms with Crippen LogP contribution in [0.3, 0.4) is 0 Å². The summed E-state index contributed by atoms with van der Waals surface area (Å²) in [6.07, 6.45) is -1.84. The molecule has 1 fully saturated rings. The molecule has 0 aliphatic heterocycles. The van der Waals surface area contributed by atoms with Crippen LogP contribution in [-0.4, -0.2) is 37.0 Å². The van der Waals surface area contributed by atoms with E-state index in [9.17, 15) is 40.7 Å². The van der Waals surface area contributed by atoms with Crippen LogP contribution < -0.4 is 9.62 Å². The molecule has 0 saturated heterocycles. The summed E-state index contributed by atoms with van der Waals surface area (Å²) in [6, 6.07) is 14.8. The van der Waals surface area contributed by atoms with Gasteiger partial charge in [-0.2, -0.15) is 13.2 Å². The van der Waals surface area contributed by atoms with E-state index in [0.29, 0.717) is 30.2 Å². The molecule has 0 bridgehead atoms. The van der Waals surface area contributed by atoms with Crippen molar-refractivity contribution in [1.29, 1.82) is 0 Å². The summed E-state index contributed by atoms with van der Waals surface area (Å²) in [7, 11) is -0.689. The molecule has 0 radical (unpaired) electrons. The van der Waals surface area contributed by atoms with Gasteiger partial charge in [0.05, 0.1) is 33.7 Å². The average molecular weight is 632 g/mol. The van der Waals surface area contributed by atoms with Gasteiger partial charge in [-0.15, -0.1) is 0 Å². The SMILES string of the molecule is CN(c1ccc([C@H]2CCC[C@@H](C(=O)Nc3ccc(C(F)(F)F)cc3F)[C@@H]2C(=O)O)cc1)S(=O)(=O)c1ccc2ccn(C)c2c1. The van der Waals surface area contributed by atoms with Crippen molar-refractivity contribution in [2.45, 2.75) is 36.3 Å². The van der Waals surface area contributed by atoms with Crippen molar-refractivity contribution in [2.24, 2.45) is 18.9 Å². The van der Waals surface area contributed by atoms with Gasteiger partial charge in [0.2, 0.25) is 5.91 Å². The third-order valence-electron chi connectivity index (χ3n) is 8.28. The van der Waals surface area contributed by atoms with E-state index in [1.807, 2.05) is 23.9 Å². The molecule has 232 valence electrons. The van der Waals surface area contributed by atoms with Gasteiger partial charge >= 0.3 is 12.1 Å². The average Bonchev–Trinajstić information content (AvgIpc) is 3.36. The maximum atomic E-state index is 14.4. The molecule has 3 atom stereocenters. The van der Waals surface area contributed by atoms with Crippen molar-refractivity contribution in [3.8, 4) is 0 Å². The van der Waals surface area contributed by atoms with Gasteiger partial charge in [0.25, 0.3) is 10.0 Å². The van der Waals surface area contributed by atoms with Crippen LogP contribution >= 0.6 is 0 Å². The normalized spacial score (nSPS) is 19.1. The number of alkyl halides is 3. The third kappa shape index (κ3) is 5.88. The van der Waals surface area contributed by atoms with Gasteiger partial charge in [0.15, 0.2) is 0 Å². The number of carboxylic acid groups (broad SMARTS) is 1. The Morgan fingerprint density at radius 2 is 1.70 bits per heavy atom. The molecule has 8 nitrogen and oxygen atoms in total. The molecule has 3 aromatic carbocycles. The number of sulfonamides is 1. The lowest BCUT2D eigenvalue weighted by atomic mass is 9.69. The van der Waals surface area contributed by atoms with Crippen molar-refractivity contribution >= 4 is 44.2 Å². The number of carboxylic acids is 1. The molecular weight excluding hydrogens is 602 g/mol. The summed E-state index contributed by atoms with van der Waals surface area (Å²) in [5.74, 6) is -6.24. The monoisotopic (exact) mass is 631 g/mol. The number of rotatable bonds is 7. The molecule has 4 aromatic rings. The van der Waals surface area contributed by atoms with Crippen LogP contribution in [0.1, 0.15) is 36.3 Å². The Bertz CT molecular complexity index is 1840. The van der Waals surface area contributed by atoms with E-state index >= 15 is 0 Å². The summed E-state index contributed by atoms with van der Waals surface area (Å²) in [5, 5.41) is 13.3. The highest BCUT2D eigenvalue weighted by molar-refractivity contribution is 7.92. The number of benzene rings is 3. The molecule has 1 aliphatic rings. The van der Waals surface area contributed by atoms with Crippen LogP contribution in [0.2, 0.25) is 0 Å². The highest BCUT2D eigenvalue weighted by atomic mass is 32.2. The third-order valence-corrected chi connectivity index (χ3v) is 10.1. The highest BCUT2D eigenvalue weighted by Crippen LogP contribution is 2.43. The van der Waals surface area contributed by atoms with E-state index in [2.05, 4.69) is 5.32 Å². The number of aliphatic carboxylic acids is 1. The predicted molar refractivity (Wildman–Crippen MR) is 156 cm³/mol. The molecule has 2 N–H and O–H groups in total. The van der Waals surface area contributed by atoms with Gasteiger partial charge in [-0.1, -0.05) is 24.6 Å². The molecule has 0 unspecified atom stereocenters. The number of aromatic nitrogens is 1. The fourth-order valence-corrected chi connectivity index (χ4v) is 7.07. The lowest BCUT2D eigenvalue weighted by Crippen LogP contribution is -2.40. The number of carbonyl (C=O) groups excluding carboxylic acids is 1. The summed E-state index contributed by atoms with van der Waals surface area (Å²) in [4.78, 5) is 25.7. The van der Waals surface area contributed by atoms with Crippen molar-refractivity contribution in [3.63, 3.8) is 0 Å². The number of hydrogen-bond donors (Lipinski definition) is 2. The van der Waals surface area contributed by atoms with E-state index in [1.54, 1.807) is 36.4 Å². The first-order chi connectivity index (χ1) is 20.7. The zero-order valence-electron chi connectivity index (χ0n) is 23.7. The quantitative estimate of drug-likeness (QED) is 0.230. The zero-order chi connectivity index (χ0) is 32.0. The van der Waals surface area contributed by atoms with Gasteiger partial charge in [0.1, 0.15) is 5.82 Å². The number of nitrogens with one attached hydrogen (secondary N) is 1. The first kappa shape index (κ1) is 31.0. The summed E-state index contributed by atoms with van der Waals surface area (Å²) < 4.78 is 82.9. The lowest BCUT2D eigenvalue weighted by molar-refractivity contribution is -0.148. The fourth-order valence-electron chi connectivity index (χ4n) is 5.86. The van der Waals surface area contributed by atoms with Crippen LogP contribution in [0, 0.1) is 17.7 Å². The Morgan fingerprint density at radius 1 is 1.00 bits per heavy atom. The summed E-state index contributed by atoms with van der Waals surface area (Å²) in [5.41, 5.74) is -0.0142. The van der Waals surface area contributed by atoms with E-state index < -0.39 is 62.9 Å². The second-order valence-electron chi connectivity index (χ2n) is 10.9. The van der Waals surface area contributed by atoms with Crippen molar-refractivity contribution in [2.75, 3.05) is 16.7 Å². The number of aryl methyl sites for hydroxylation is 1. The number of carbonyl (C=O) groups is 2. The highest BCUT2D eigenvalue weighted by Gasteiger charge is 2.43. The summed E-state index contributed by atoms with van der Waals surface area (Å²) in [6.45, 7) is 0. The van der Waals surface area contributed by atoms with Crippen LogP contribution in [0.15, 0.2) is 77.8 Å². The molecule has 0 spiro atoms. The molecule has 13 heteroatoms. The lowest BCUT2D eigenvalue weighted by Gasteiger charge is -2.35. The number of fused-ring (bicyclic) bond motifs is 1. The first-order valence-corrected chi connectivity index (χ1v) is 15.2. The number of hydrogen-bond acceptors (Lipinski definition) is 4. The molecule has 1 aromatic heterocycles. The largest absolute Gasteiger partial charge is 0.481 e. The predicted octanol–water partition coefficient (Wildman–Crippen LogP) is 6.38. The van der Waals surface area contributed by atoms with E-state index in [0.717, 1.165) is 21.3 Å². The summed E-state index contributed by atoms with van der Waals surface area (Å²) >= 11 is 0. The number of nitrogens with zero attached hydrogens (tertiary/aromatic N) is 2. The minimum absolute atomic E-state index is 0.106. The Hall–Kier alpha value is -4.39. The number of halogens is 4. The Kier molecular flexibility index (Phi) is 8.19. The van der Waals surface area contributed by atoms with Crippen LogP contribution in [0.5, 0.6) is 0 Å². The Balaban J connectivity index is 1.35. The topological polar surface area (TPSA) is 109 Å². The zero-order valence-corrected chi connectivity index (χ0v) is 24.5.